The van der Waals surface area contributed by atoms with E-state index in [1.165, 1.54) is 24.0 Å². The standard InChI is InChI=1S/C17H23F3N2O2/c1-4-5-11-21(3)16(24)10-12-22(13(2)23)15-8-6-14(7-9-15)17(18,19)20/h6-9H,4-5,10-12H2,1-3H3. The number of rotatable bonds is 7. The van der Waals surface area contributed by atoms with Crippen LogP contribution < -0.4 is 4.90 Å². The summed E-state index contributed by atoms with van der Waals surface area (Å²) in [6.45, 7) is 4.13. The van der Waals surface area contributed by atoms with Gasteiger partial charge in [0, 0.05) is 39.2 Å². The Kier molecular flexibility index (Phi) is 7.25. The number of amides is 2. The van der Waals surface area contributed by atoms with Crippen molar-refractivity contribution in [2.24, 2.45) is 0 Å². The summed E-state index contributed by atoms with van der Waals surface area (Å²) in [6.07, 6.45) is -2.42. The molecule has 0 aliphatic carbocycles. The van der Waals surface area contributed by atoms with Crippen LogP contribution in [-0.2, 0) is 15.8 Å². The molecule has 0 saturated heterocycles. The quantitative estimate of drug-likeness (QED) is 0.757. The van der Waals surface area contributed by atoms with E-state index >= 15 is 0 Å². The maximum absolute atomic E-state index is 12.6. The van der Waals surface area contributed by atoms with Gasteiger partial charge in [0.2, 0.25) is 11.8 Å². The van der Waals surface area contributed by atoms with E-state index in [0.717, 1.165) is 25.0 Å². The molecule has 0 aliphatic rings. The van der Waals surface area contributed by atoms with Crippen molar-refractivity contribution in [3.63, 3.8) is 0 Å². The number of anilines is 1. The Hall–Kier alpha value is -2.05. The summed E-state index contributed by atoms with van der Waals surface area (Å²) in [5.41, 5.74) is -0.426. The van der Waals surface area contributed by atoms with Gasteiger partial charge < -0.3 is 9.80 Å². The third-order valence-corrected chi connectivity index (χ3v) is 3.71. The first-order valence-corrected chi connectivity index (χ1v) is 7.86. The highest BCUT2D eigenvalue weighted by Crippen LogP contribution is 2.30. The van der Waals surface area contributed by atoms with Gasteiger partial charge in [-0.25, -0.2) is 0 Å². The van der Waals surface area contributed by atoms with Crippen LogP contribution in [0.3, 0.4) is 0 Å². The van der Waals surface area contributed by atoms with Gasteiger partial charge in [0.1, 0.15) is 0 Å². The summed E-state index contributed by atoms with van der Waals surface area (Å²) in [4.78, 5) is 26.7. The Morgan fingerprint density at radius 2 is 1.67 bits per heavy atom. The molecule has 0 saturated carbocycles. The monoisotopic (exact) mass is 344 g/mol. The Balaban J connectivity index is 2.74. The lowest BCUT2D eigenvalue weighted by Gasteiger charge is -2.23. The van der Waals surface area contributed by atoms with Crippen LogP contribution >= 0.6 is 0 Å². The van der Waals surface area contributed by atoms with E-state index in [2.05, 4.69) is 0 Å². The fourth-order valence-electron chi connectivity index (χ4n) is 2.22. The molecule has 24 heavy (non-hydrogen) atoms. The van der Waals surface area contributed by atoms with Crippen LogP contribution in [0.1, 0.15) is 38.7 Å². The minimum absolute atomic E-state index is 0.0957. The average molecular weight is 344 g/mol. The van der Waals surface area contributed by atoms with Crippen molar-refractivity contribution in [1.82, 2.24) is 4.90 Å². The van der Waals surface area contributed by atoms with Crippen LogP contribution in [0.25, 0.3) is 0 Å². The molecule has 4 nitrogen and oxygen atoms in total. The first-order chi connectivity index (χ1) is 11.2. The van der Waals surface area contributed by atoms with E-state index in [1.54, 1.807) is 11.9 Å². The predicted molar refractivity (Wildman–Crippen MR) is 86.6 cm³/mol. The molecule has 1 aromatic rings. The Morgan fingerprint density at radius 1 is 1.08 bits per heavy atom. The number of alkyl halides is 3. The van der Waals surface area contributed by atoms with Crippen LogP contribution in [0.4, 0.5) is 18.9 Å². The summed E-state index contributed by atoms with van der Waals surface area (Å²) in [6, 6.07) is 4.35. The summed E-state index contributed by atoms with van der Waals surface area (Å²) >= 11 is 0. The fraction of sp³-hybridized carbons (Fsp3) is 0.529. The van der Waals surface area contributed by atoms with E-state index in [-0.39, 0.29) is 24.8 Å². The van der Waals surface area contributed by atoms with Crippen LogP contribution in [0.5, 0.6) is 0 Å². The zero-order chi connectivity index (χ0) is 18.3. The largest absolute Gasteiger partial charge is 0.416 e. The molecular formula is C17H23F3N2O2. The highest BCUT2D eigenvalue weighted by atomic mass is 19.4. The second-order valence-electron chi connectivity index (χ2n) is 5.63. The number of carbonyl (C=O) groups is 2. The van der Waals surface area contributed by atoms with E-state index in [9.17, 15) is 22.8 Å². The Morgan fingerprint density at radius 3 is 2.12 bits per heavy atom. The number of halogens is 3. The van der Waals surface area contributed by atoms with Crippen LogP contribution in [0.2, 0.25) is 0 Å². The Labute approximate surface area is 140 Å². The second-order valence-corrected chi connectivity index (χ2v) is 5.63. The van der Waals surface area contributed by atoms with Gasteiger partial charge in [-0.3, -0.25) is 9.59 Å². The molecule has 2 amide bonds. The van der Waals surface area contributed by atoms with Gasteiger partial charge in [0.25, 0.3) is 0 Å². The van der Waals surface area contributed by atoms with Crippen molar-refractivity contribution in [3.05, 3.63) is 29.8 Å². The van der Waals surface area contributed by atoms with Crippen molar-refractivity contribution >= 4 is 17.5 Å². The Bertz CT molecular complexity index is 556. The topological polar surface area (TPSA) is 40.6 Å². The van der Waals surface area contributed by atoms with Crippen molar-refractivity contribution in [2.75, 3.05) is 25.0 Å². The molecule has 1 rings (SSSR count). The maximum atomic E-state index is 12.6. The minimum Gasteiger partial charge on any atom is -0.346 e. The number of nitrogens with zero attached hydrogens (tertiary/aromatic N) is 2. The molecule has 7 heteroatoms. The van der Waals surface area contributed by atoms with Crippen LogP contribution in [0.15, 0.2) is 24.3 Å². The summed E-state index contributed by atoms with van der Waals surface area (Å²) in [5, 5.41) is 0. The first kappa shape index (κ1) is 20.0. The molecule has 0 aromatic heterocycles. The highest BCUT2D eigenvalue weighted by Gasteiger charge is 2.30. The fourth-order valence-corrected chi connectivity index (χ4v) is 2.22. The van der Waals surface area contributed by atoms with Crippen molar-refractivity contribution < 1.29 is 22.8 Å². The molecule has 134 valence electrons. The smallest absolute Gasteiger partial charge is 0.346 e. The summed E-state index contributed by atoms with van der Waals surface area (Å²) in [5.74, 6) is -0.416. The number of hydrogen-bond acceptors (Lipinski definition) is 2. The molecule has 0 heterocycles. The third-order valence-electron chi connectivity index (χ3n) is 3.71. The van der Waals surface area contributed by atoms with E-state index in [0.29, 0.717) is 12.2 Å². The molecule has 0 radical (unpaired) electrons. The lowest BCUT2D eigenvalue weighted by atomic mass is 10.2. The molecule has 0 bridgehead atoms. The molecule has 1 aromatic carbocycles. The zero-order valence-corrected chi connectivity index (χ0v) is 14.2. The normalized spacial score (nSPS) is 11.2. The van der Waals surface area contributed by atoms with Gasteiger partial charge in [-0.1, -0.05) is 13.3 Å². The van der Waals surface area contributed by atoms with Gasteiger partial charge in [-0.05, 0) is 30.7 Å². The van der Waals surface area contributed by atoms with Crippen LogP contribution in [-0.4, -0.2) is 36.9 Å². The second kappa shape index (κ2) is 8.70. The van der Waals surface area contributed by atoms with E-state index < -0.39 is 11.7 Å². The molecule has 0 unspecified atom stereocenters. The predicted octanol–water partition coefficient (Wildman–Crippen LogP) is 3.71. The minimum atomic E-state index is -4.42. The van der Waals surface area contributed by atoms with Gasteiger partial charge in [0.15, 0.2) is 0 Å². The highest BCUT2D eigenvalue weighted by molar-refractivity contribution is 5.92. The average Bonchev–Trinajstić information content (AvgIpc) is 2.51. The van der Waals surface area contributed by atoms with Crippen molar-refractivity contribution in [1.29, 1.82) is 0 Å². The van der Waals surface area contributed by atoms with Gasteiger partial charge in [-0.2, -0.15) is 13.2 Å². The van der Waals surface area contributed by atoms with Crippen molar-refractivity contribution in [2.45, 2.75) is 39.3 Å². The van der Waals surface area contributed by atoms with Crippen molar-refractivity contribution in [3.8, 4) is 0 Å². The molecule has 0 spiro atoms. The van der Waals surface area contributed by atoms with Gasteiger partial charge in [0.05, 0.1) is 5.56 Å². The molecule has 0 aliphatic heterocycles. The molecule has 0 N–H and O–H groups in total. The van der Waals surface area contributed by atoms with E-state index in [4.69, 9.17) is 0 Å². The summed E-state index contributed by atoms with van der Waals surface area (Å²) < 4.78 is 37.8. The van der Waals surface area contributed by atoms with Crippen LogP contribution in [0, 0.1) is 0 Å². The summed E-state index contributed by atoms with van der Waals surface area (Å²) in [7, 11) is 1.70. The third kappa shape index (κ3) is 5.86. The van der Waals surface area contributed by atoms with E-state index in [1.807, 2.05) is 6.92 Å². The van der Waals surface area contributed by atoms with Gasteiger partial charge >= 0.3 is 6.18 Å². The van der Waals surface area contributed by atoms with Gasteiger partial charge in [-0.15, -0.1) is 0 Å². The molecule has 0 fully saturated rings. The zero-order valence-electron chi connectivity index (χ0n) is 14.2. The maximum Gasteiger partial charge on any atom is 0.416 e. The molecular weight excluding hydrogens is 321 g/mol. The number of benzene rings is 1. The number of unbranched alkanes of at least 4 members (excludes halogenated alkanes) is 1. The lowest BCUT2D eigenvalue weighted by Crippen LogP contribution is -2.35. The lowest BCUT2D eigenvalue weighted by molar-refractivity contribution is -0.137. The first-order valence-electron chi connectivity index (χ1n) is 7.86. The molecule has 0 atom stereocenters. The number of hydrogen-bond donors (Lipinski definition) is 0. The number of carbonyl (C=O) groups excluding carboxylic acids is 2. The SMILES string of the molecule is CCCCN(C)C(=O)CCN(C(C)=O)c1ccc(C(F)(F)F)cc1.